The van der Waals surface area contributed by atoms with Crippen molar-refractivity contribution in [2.45, 2.75) is 45.7 Å². The third-order valence-electron chi connectivity index (χ3n) is 5.37. The van der Waals surface area contributed by atoms with Gasteiger partial charge in [-0.1, -0.05) is 24.8 Å². The van der Waals surface area contributed by atoms with Crippen molar-refractivity contribution < 1.29 is 28.4 Å². The van der Waals surface area contributed by atoms with Gasteiger partial charge in [-0.05, 0) is 53.0 Å². The summed E-state index contributed by atoms with van der Waals surface area (Å²) in [5.41, 5.74) is 7.80. The molecule has 0 aliphatic heterocycles. The number of anilines is 3. The van der Waals surface area contributed by atoms with E-state index in [2.05, 4.69) is 26.7 Å². The van der Waals surface area contributed by atoms with Crippen LogP contribution in [0.2, 0.25) is 0 Å². The van der Waals surface area contributed by atoms with E-state index in [-0.39, 0.29) is 37.2 Å². The number of para-hydroxylation sites is 1. The number of nitrogen functional groups attached to an aromatic ring is 2. The summed E-state index contributed by atoms with van der Waals surface area (Å²) >= 11 is 0. The Morgan fingerprint density at radius 2 is 1.73 bits per heavy atom. The number of hydrogen-bond acceptors (Lipinski definition) is 11. The van der Waals surface area contributed by atoms with Gasteiger partial charge in [0.25, 0.3) is 5.56 Å². The summed E-state index contributed by atoms with van der Waals surface area (Å²) < 4.78 is 30.4. The Bertz CT molecular complexity index is 1300. The van der Waals surface area contributed by atoms with Gasteiger partial charge < -0.3 is 30.6 Å². The fraction of sp³-hybridized carbons (Fsp3) is 0.440. The molecule has 0 aliphatic carbocycles. The second kappa shape index (κ2) is 13.6. The second-order valence-electron chi connectivity index (χ2n) is 9.74. The average Bonchev–Trinajstić information content (AvgIpc) is 2.86. The summed E-state index contributed by atoms with van der Waals surface area (Å²) in [5, 5.41) is 5.61. The lowest BCUT2D eigenvalue weighted by Crippen LogP contribution is -2.54. The third-order valence-corrected chi connectivity index (χ3v) is 7.75. The molecular weight excluding hydrogens is 541 g/mol. The van der Waals surface area contributed by atoms with Gasteiger partial charge >= 0.3 is 11.9 Å². The second-order valence-corrected chi connectivity index (χ2v) is 11.9. The number of ether oxygens (including phenoxy) is 3. The average molecular weight is 580 g/mol. The smallest absolute Gasteiger partial charge is 0.331 e. The Hall–Kier alpha value is -3.71. The predicted octanol–water partition coefficient (Wildman–Crippen LogP) is 1.96. The van der Waals surface area contributed by atoms with Crippen LogP contribution in [0.25, 0.3) is 0 Å². The van der Waals surface area contributed by atoms with Gasteiger partial charge in [0.15, 0.2) is 5.82 Å². The number of carbonyl (C=O) groups excluding carboxylic acids is 2. The number of esters is 2. The van der Waals surface area contributed by atoms with Gasteiger partial charge in [0.05, 0.1) is 13.2 Å². The molecule has 0 radical (unpaired) electrons. The molecule has 40 heavy (non-hydrogen) atoms. The first-order valence-corrected chi connectivity index (χ1v) is 14.3. The van der Waals surface area contributed by atoms with E-state index in [0.29, 0.717) is 5.75 Å². The lowest BCUT2D eigenvalue weighted by atomic mass is 10.1. The summed E-state index contributed by atoms with van der Waals surface area (Å²) in [5.74, 6) is -1.10. The number of hydrogen-bond donors (Lipinski definition) is 5. The number of aromatic amines is 1. The maximum atomic E-state index is 14.1. The van der Waals surface area contributed by atoms with Crippen LogP contribution in [0.3, 0.4) is 0 Å². The van der Waals surface area contributed by atoms with E-state index in [9.17, 15) is 18.9 Å². The number of benzene rings is 1. The zero-order valence-corrected chi connectivity index (χ0v) is 24.2. The highest BCUT2D eigenvalue weighted by atomic mass is 31.2. The fourth-order valence-corrected chi connectivity index (χ4v) is 6.03. The lowest BCUT2D eigenvalue weighted by Gasteiger charge is -2.35. The van der Waals surface area contributed by atoms with Gasteiger partial charge in [-0.3, -0.25) is 19.1 Å². The van der Waals surface area contributed by atoms with E-state index in [4.69, 9.17) is 25.7 Å². The molecule has 1 heterocycles. The minimum Gasteiger partial charge on any atom is -0.465 e. The summed E-state index contributed by atoms with van der Waals surface area (Å²) in [6.45, 7) is 11.5. The van der Waals surface area contributed by atoms with E-state index in [1.54, 1.807) is 37.3 Å². The largest absolute Gasteiger partial charge is 0.465 e. The molecule has 0 spiro atoms. The van der Waals surface area contributed by atoms with Crippen LogP contribution < -0.4 is 36.8 Å². The molecule has 14 nitrogen and oxygen atoms in total. The molecule has 0 saturated heterocycles. The van der Waals surface area contributed by atoms with Crippen LogP contribution in [-0.2, 0) is 23.6 Å². The third kappa shape index (κ3) is 8.91. The van der Waals surface area contributed by atoms with Crippen LogP contribution in [0, 0.1) is 0 Å². The van der Waals surface area contributed by atoms with Crippen molar-refractivity contribution in [3.05, 3.63) is 53.5 Å². The van der Waals surface area contributed by atoms with Crippen molar-refractivity contribution in [1.29, 1.82) is 0 Å². The number of carbonyl (C=O) groups is 2. The van der Waals surface area contributed by atoms with E-state index in [1.165, 1.54) is 38.8 Å². The van der Waals surface area contributed by atoms with Crippen molar-refractivity contribution in [2.24, 2.45) is 0 Å². The van der Waals surface area contributed by atoms with Crippen LogP contribution in [0.5, 0.6) is 5.75 Å². The van der Waals surface area contributed by atoms with Crippen LogP contribution in [-0.4, -0.2) is 59.1 Å². The lowest BCUT2D eigenvalue weighted by molar-refractivity contribution is -0.149. The predicted molar refractivity (Wildman–Crippen MR) is 153 cm³/mol. The SMILES string of the molecule is C=CN(CCOCP(=O)(NC(C)(C)C(=O)OCC)NC(C)(C)C(=O)Oc1ccccc1)c1nc(N)[nH]c(=O)c1N. The van der Waals surface area contributed by atoms with Gasteiger partial charge in [0.2, 0.25) is 13.4 Å². The van der Waals surface area contributed by atoms with Crippen LogP contribution in [0.15, 0.2) is 47.9 Å². The molecule has 0 saturated carbocycles. The van der Waals surface area contributed by atoms with E-state index >= 15 is 0 Å². The number of nitrogens with zero attached hydrogens (tertiary/aromatic N) is 2. The minimum atomic E-state index is -3.85. The standard InChI is InChI=1S/C25H38N7O7P/c1-7-32(19-18(26)20(33)29-23(27)28-19)14-15-37-16-40(36,30-24(3,4)21(34)38-8-2)31-25(5,6)22(35)39-17-12-10-9-11-13-17/h7,9-13H,1,8,14-16,26H2,2-6H3,(H2,30,31,36)(H3,27,28,29,33). The van der Waals surface area contributed by atoms with Gasteiger partial charge in [-0.2, -0.15) is 4.98 Å². The zero-order chi connectivity index (χ0) is 30.1. The molecule has 1 aromatic carbocycles. The Morgan fingerprint density at radius 3 is 2.30 bits per heavy atom. The highest BCUT2D eigenvalue weighted by molar-refractivity contribution is 7.59. The molecule has 0 aliphatic rings. The maximum Gasteiger partial charge on any atom is 0.331 e. The first kappa shape index (κ1) is 32.5. The summed E-state index contributed by atoms with van der Waals surface area (Å²) in [7, 11) is -3.85. The van der Waals surface area contributed by atoms with E-state index in [0.717, 1.165) is 0 Å². The van der Waals surface area contributed by atoms with Gasteiger partial charge in [-0.15, -0.1) is 0 Å². The summed E-state index contributed by atoms with van der Waals surface area (Å²) in [4.78, 5) is 45.2. The monoisotopic (exact) mass is 579 g/mol. The molecule has 220 valence electrons. The molecule has 2 rings (SSSR count). The maximum absolute atomic E-state index is 14.1. The molecule has 0 fully saturated rings. The first-order valence-electron chi connectivity index (χ1n) is 12.4. The van der Waals surface area contributed by atoms with Crippen molar-refractivity contribution in [3.63, 3.8) is 0 Å². The van der Waals surface area contributed by atoms with Gasteiger partial charge in [0.1, 0.15) is 28.9 Å². The molecule has 1 aromatic heterocycles. The van der Waals surface area contributed by atoms with Gasteiger partial charge in [0, 0.05) is 6.54 Å². The number of nitrogens with one attached hydrogen (secondary N) is 3. The Kier molecular flexibility index (Phi) is 11.0. The number of H-pyrrole nitrogens is 1. The van der Waals surface area contributed by atoms with Crippen molar-refractivity contribution in [3.8, 4) is 5.75 Å². The first-order chi connectivity index (χ1) is 18.6. The Balaban J connectivity index is 2.21. The molecule has 0 bridgehead atoms. The molecule has 7 N–H and O–H groups in total. The quantitative estimate of drug-likeness (QED) is 0.0887. The summed E-state index contributed by atoms with van der Waals surface area (Å²) in [6.07, 6.45) is 0.937. The van der Waals surface area contributed by atoms with Gasteiger partial charge in [-0.25, -0.2) is 15.0 Å². The molecule has 15 heteroatoms. The Labute approximate surface area is 232 Å². The normalized spacial score (nSPS) is 13.2. The molecule has 1 atom stereocenters. The van der Waals surface area contributed by atoms with Crippen LogP contribution in [0.4, 0.5) is 17.5 Å². The molecule has 2 aromatic rings. The van der Waals surface area contributed by atoms with E-state index < -0.39 is 42.4 Å². The highest BCUT2D eigenvalue weighted by Crippen LogP contribution is 2.42. The van der Waals surface area contributed by atoms with Crippen molar-refractivity contribution in [1.82, 2.24) is 20.1 Å². The number of rotatable bonds is 15. The molecular formula is C25H38N7O7P. The zero-order valence-electron chi connectivity index (χ0n) is 23.4. The van der Waals surface area contributed by atoms with Crippen molar-refractivity contribution >= 4 is 36.8 Å². The highest BCUT2D eigenvalue weighted by Gasteiger charge is 2.43. The Morgan fingerprint density at radius 1 is 1.12 bits per heavy atom. The molecule has 1 unspecified atom stereocenters. The topological polar surface area (TPSA) is 204 Å². The number of nitrogens with two attached hydrogens (primary N) is 2. The number of aromatic nitrogens is 2. The van der Waals surface area contributed by atoms with E-state index in [1.807, 2.05) is 0 Å². The van der Waals surface area contributed by atoms with Crippen LogP contribution in [0.1, 0.15) is 34.6 Å². The summed E-state index contributed by atoms with van der Waals surface area (Å²) in [6, 6.07) is 8.41. The van der Waals surface area contributed by atoms with Crippen molar-refractivity contribution in [2.75, 3.05) is 42.5 Å². The molecule has 0 amide bonds. The fourth-order valence-electron chi connectivity index (χ4n) is 3.47. The minimum absolute atomic E-state index is 0.0398. The van der Waals surface area contributed by atoms with Crippen LogP contribution >= 0.6 is 7.44 Å².